The van der Waals surface area contributed by atoms with Crippen molar-refractivity contribution in [2.24, 2.45) is 11.1 Å². The molecule has 8 heteroatoms. The minimum Gasteiger partial charge on any atom is -0.342 e. The van der Waals surface area contributed by atoms with E-state index in [9.17, 15) is 9.18 Å². The monoisotopic (exact) mass is 456 g/mol. The van der Waals surface area contributed by atoms with Crippen molar-refractivity contribution in [1.82, 2.24) is 20.2 Å². The highest BCUT2D eigenvalue weighted by molar-refractivity contribution is 5.92. The zero-order valence-corrected chi connectivity index (χ0v) is 18.6. The Morgan fingerprint density at radius 2 is 1.97 bits per heavy atom. The van der Waals surface area contributed by atoms with Gasteiger partial charge in [-0.05, 0) is 53.5 Å². The lowest BCUT2D eigenvalue weighted by molar-refractivity contribution is 0.187. The maximum absolute atomic E-state index is 13.7. The zero-order valence-electron chi connectivity index (χ0n) is 18.6. The van der Waals surface area contributed by atoms with Crippen molar-refractivity contribution >= 4 is 22.6 Å². The van der Waals surface area contributed by atoms with Gasteiger partial charge in [0.2, 0.25) is 5.95 Å². The molecule has 1 fully saturated rings. The van der Waals surface area contributed by atoms with E-state index < -0.39 is 0 Å². The van der Waals surface area contributed by atoms with Crippen molar-refractivity contribution in [3.63, 3.8) is 0 Å². The Morgan fingerprint density at radius 3 is 2.74 bits per heavy atom. The summed E-state index contributed by atoms with van der Waals surface area (Å²) in [6, 6.07) is 14.5. The van der Waals surface area contributed by atoms with Gasteiger partial charge in [0.25, 0.3) is 5.56 Å². The molecule has 6 rings (SSSR count). The number of aromatic nitrogens is 4. The highest BCUT2D eigenvalue weighted by Crippen LogP contribution is 2.50. The standard InChI is InChI=1S/C26H25FN6O/c1-15(16-6-4-7-18(27)13-16)21-20-23(32-31-21)29-25(30-24(20)34)33-11-9-26(10-12-33)14-17-5-2-3-8-19(17)22(26)28/h2-8,13,22H,1,9-12,14,28H2,(H2,29,30,31,32,34)/t22-/m1/s1. The van der Waals surface area contributed by atoms with E-state index in [1.54, 1.807) is 12.1 Å². The first-order chi connectivity index (χ1) is 16.4. The van der Waals surface area contributed by atoms with E-state index >= 15 is 0 Å². The number of fused-ring (bicyclic) bond motifs is 2. The molecule has 1 atom stereocenters. The summed E-state index contributed by atoms with van der Waals surface area (Å²) < 4.78 is 13.7. The molecule has 2 aliphatic rings. The minimum atomic E-state index is -0.374. The van der Waals surface area contributed by atoms with Crippen LogP contribution in [-0.2, 0) is 6.42 Å². The van der Waals surface area contributed by atoms with Crippen LogP contribution in [0.5, 0.6) is 0 Å². The van der Waals surface area contributed by atoms with Crippen molar-refractivity contribution in [2.45, 2.75) is 25.3 Å². The summed E-state index contributed by atoms with van der Waals surface area (Å²) in [5.41, 5.74) is 10.8. The molecule has 0 radical (unpaired) electrons. The van der Waals surface area contributed by atoms with E-state index in [1.807, 2.05) is 0 Å². The molecule has 1 aliphatic heterocycles. The molecular weight excluding hydrogens is 431 g/mol. The second-order valence-electron chi connectivity index (χ2n) is 9.38. The number of benzene rings is 2. The maximum atomic E-state index is 13.7. The summed E-state index contributed by atoms with van der Waals surface area (Å²) in [4.78, 5) is 22.7. The number of rotatable bonds is 3. The lowest BCUT2D eigenvalue weighted by atomic mass is 9.73. The van der Waals surface area contributed by atoms with Crippen molar-refractivity contribution in [2.75, 3.05) is 18.0 Å². The van der Waals surface area contributed by atoms with Crippen LogP contribution in [0, 0.1) is 11.2 Å². The maximum Gasteiger partial charge on any atom is 0.264 e. The van der Waals surface area contributed by atoms with E-state index in [4.69, 9.17) is 5.73 Å². The van der Waals surface area contributed by atoms with Crippen molar-refractivity contribution < 1.29 is 4.39 Å². The van der Waals surface area contributed by atoms with Crippen molar-refractivity contribution in [3.8, 4) is 0 Å². The molecule has 2 aromatic carbocycles. The number of aromatic amines is 2. The SMILES string of the molecule is C=C(c1cccc(F)c1)c1n[nH]c2nc(N3CCC4(CC3)Cc3ccccc3[C@H]4N)[nH]c(=O)c12. The largest absolute Gasteiger partial charge is 0.342 e. The predicted octanol–water partition coefficient (Wildman–Crippen LogP) is 3.69. The number of anilines is 1. The van der Waals surface area contributed by atoms with Crippen LogP contribution in [-0.4, -0.2) is 33.3 Å². The second-order valence-corrected chi connectivity index (χ2v) is 9.38. The number of H-pyrrole nitrogens is 2. The van der Waals surface area contributed by atoms with E-state index in [0.717, 1.165) is 32.4 Å². The molecule has 4 N–H and O–H groups in total. The van der Waals surface area contributed by atoms with E-state index in [0.29, 0.717) is 33.8 Å². The van der Waals surface area contributed by atoms with Crippen LogP contribution in [0.15, 0.2) is 59.9 Å². The minimum absolute atomic E-state index is 0.0318. The molecule has 2 aromatic heterocycles. The molecule has 3 heterocycles. The van der Waals surface area contributed by atoms with E-state index in [2.05, 4.69) is 55.9 Å². The number of nitrogens with two attached hydrogens (primary N) is 1. The van der Waals surface area contributed by atoms with Gasteiger partial charge in [-0.1, -0.05) is 43.0 Å². The van der Waals surface area contributed by atoms with Crippen molar-refractivity contribution in [3.05, 3.63) is 93.7 Å². The molecule has 1 aliphatic carbocycles. The van der Waals surface area contributed by atoms with Gasteiger partial charge in [0.15, 0.2) is 5.65 Å². The third-order valence-electron chi connectivity index (χ3n) is 7.53. The molecule has 4 aromatic rings. The van der Waals surface area contributed by atoms with Crippen LogP contribution in [0.1, 0.15) is 41.3 Å². The fourth-order valence-corrected chi connectivity index (χ4v) is 5.58. The van der Waals surface area contributed by atoms with Gasteiger partial charge in [-0.25, -0.2) is 4.39 Å². The fraction of sp³-hybridized carbons (Fsp3) is 0.269. The van der Waals surface area contributed by atoms with Gasteiger partial charge in [0.1, 0.15) is 16.9 Å². The van der Waals surface area contributed by atoms with Gasteiger partial charge in [-0.2, -0.15) is 10.1 Å². The normalized spacial score (nSPS) is 19.0. The first kappa shape index (κ1) is 20.8. The predicted molar refractivity (Wildman–Crippen MR) is 130 cm³/mol. The molecule has 7 nitrogen and oxygen atoms in total. The molecule has 0 bridgehead atoms. The lowest BCUT2D eigenvalue weighted by Crippen LogP contribution is -2.45. The van der Waals surface area contributed by atoms with Crippen molar-refractivity contribution in [1.29, 1.82) is 0 Å². The topological polar surface area (TPSA) is 104 Å². The molecule has 0 saturated carbocycles. The van der Waals surface area contributed by atoms with Crippen LogP contribution in [0.25, 0.3) is 16.6 Å². The molecule has 34 heavy (non-hydrogen) atoms. The smallest absolute Gasteiger partial charge is 0.264 e. The molecule has 1 saturated heterocycles. The highest BCUT2D eigenvalue weighted by Gasteiger charge is 2.46. The Morgan fingerprint density at radius 1 is 1.18 bits per heavy atom. The Kier molecular flexibility index (Phi) is 4.67. The molecule has 1 spiro atoms. The Labute approximate surface area is 195 Å². The van der Waals surface area contributed by atoms with Gasteiger partial charge < -0.3 is 10.6 Å². The number of hydrogen-bond acceptors (Lipinski definition) is 5. The van der Waals surface area contributed by atoms with Gasteiger partial charge in [-0.3, -0.25) is 14.9 Å². The summed E-state index contributed by atoms with van der Waals surface area (Å²) in [5, 5.41) is 7.45. The number of hydrogen-bond donors (Lipinski definition) is 3. The second kappa shape index (κ2) is 7.63. The zero-order chi connectivity index (χ0) is 23.4. The lowest BCUT2D eigenvalue weighted by Gasteiger charge is -2.42. The van der Waals surface area contributed by atoms with Gasteiger partial charge in [0, 0.05) is 24.7 Å². The summed E-state index contributed by atoms with van der Waals surface area (Å²) in [6.45, 7) is 5.54. The van der Waals surface area contributed by atoms with Gasteiger partial charge in [0.05, 0.1) is 0 Å². The highest BCUT2D eigenvalue weighted by atomic mass is 19.1. The van der Waals surface area contributed by atoms with Crippen LogP contribution >= 0.6 is 0 Å². The average Bonchev–Trinajstić information content (AvgIpc) is 3.39. The van der Waals surface area contributed by atoms with Crippen LogP contribution in [0.2, 0.25) is 0 Å². The Bertz CT molecular complexity index is 1480. The van der Waals surface area contributed by atoms with E-state index in [-0.39, 0.29) is 22.8 Å². The molecule has 0 unspecified atom stereocenters. The van der Waals surface area contributed by atoms with Crippen LogP contribution in [0.3, 0.4) is 0 Å². The third-order valence-corrected chi connectivity index (χ3v) is 7.53. The summed E-state index contributed by atoms with van der Waals surface area (Å²) in [7, 11) is 0. The molecular formula is C26H25FN6O. The first-order valence-corrected chi connectivity index (χ1v) is 11.5. The molecule has 172 valence electrons. The Balaban J connectivity index is 1.26. The number of piperidine rings is 1. The van der Waals surface area contributed by atoms with Crippen LogP contribution in [0.4, 0.5) is 10.3 Å². The number of nitrogens with one attached hydrogen (secondary N) is 2. The van der Waals surface area contributed by atoms with Crippen LogP contribution < -0.4 is 16.2 Å². The van der Waals surface area contributed by atoms with Gasteiger partial charge in [-0.15, -0.1) is 0 Å². The number of halogens is 1. The summed E-state index contributed by atoms with van der Waals surface area (Å²) >= 11 is 0. The first-order valence-electron chi connectivity index (χ1n) is 11.5. The summed E-state index contributed by atoms with van der Waals surface area (Å²) in [6.07, 6.45) is 2.84. The number of nitrogens with zero attached hydrogens (tertiary/aromatic N) is 3. The summed E-state index contributed by atoms with van der Waals surface area (Å²) in [5.74, 6) is 0.142. The Hall–Kier alpha value is -3.78. The average molecular weight is 457 g/mol. The quantitative estimate of drug-likeness (QED) is 0.436. The van der Waals surface area contributed by atoms with Gasteiger partial charge >= 0.3 is 0 Å². The van der Waals surface area contributed by atoms with E-state index in [1.165, 1.54) is 23.3 Å². The fourth-order valence-electron chi connectivity index (χ4n) is 5.58. The third kappa shape index (κ3) is 3.17. The molecule has 0 amide bonds.